The Bertz CT molecular complexity index is 386. The molecule has 6 nitrogen and oxygen atoms in total. The van der Waals surface area contributed by atoms with Gasteiger partial charge in [-0.05, 0) is 27.7 Å². The summed E-state index contributed by atoms with van der Waals surface area (Å²) in [6.45, 7) is 14.4. The minimum Gasteiger partial charge on any atom is -0.478 e. The molecule has 0 aliphatic rings. The van der Waals surface area contributed by atoms with E-state index in [4.69, 9.17) is 9.47 Å². The van der Waals surface area contributed by atoms with Crippen molar-refractivity contribution in [1.29, 1.82) is 0 Å². The molecule has 0 saturated carbocycles. The molecule has 0 aromatic rings. The molecule has 0 fully saturated rings. The van der Waals surface area contributed by atoms with Gasteiger partial charge < -0.3 is 19.7 Å². The zero-order valence-electron chi connectivity index (χ0n) is 13.0. The van der Waals surface area contributed by atoms with Gasteiger partial charge in [-0.2, -0.15) is 0 Å². The Morgan fingerprint density at radius 3 is 1.43 bits per heavy atom. The Morgan fingerprint density at radius 2 is 1.24 bits per heavy atom. The van der Waals surface area contributed by atoms with Gasteiger partial charge in [0.05, 0.1) is 17.6 Å². The zero-order chi connectivity index (χ0) is 16.8. The molecule has 0 aliphatic heterocycles. The Morgan fingerprint density at radius 1 is 0.952 bits per heavy atom. The maximum absolute atomic E-state index is 11.4. The zero-order valence-corrected chi connectivity index (χ0v) is 13.0. The van der Waals surface area contributed by atoms with Crippen molar-refractivity contribution in [1.82, 2.24) is 0 Å². The van der Waals surface area contributed by atoms with Gasteiger partial charge in [-0.25, -0.2) is 9.59 Å². The fourth-order valence-corrected chi connectivity index (χ4v) is 2.61. The molecule has 2 unspecified atom stereocenters. The second-order valence-electron chi connectivity index (χ2n) is 4.63. The Kier molecular flexibility index (Phi) is 7.32. The van der Waals surface area contributed by atoms with E-state index in [2.05, 4.69) is 13.2 Å². The van der Waals surface area contributed by atoms with Crippen LogP contribution in [0.1, 0.15) is 27.7 Å². The highest BCUT2D eigenvalue weighted by atomic mass is 16.5. The Balaban J connectivity index is 6.19. The lowest BCUT2D eigenvalue weighted by molar-refractivity contribution is -0.142. The van der Waals surface area contributed by atoms with Crippen LogP contribution in [0.4, 0.5) is 0 Å². The van der Waals surface area contributed by atoms with Crippen molar-refractivity contribution in [2.45, 2.75) is 39.9 Å². The van der Waals surface area contributed by atoms with Crippen LogP contribution in [-0.4, -0.2) is 47.6 Å². The van der Waals surface area contributed by atoms with Crippen LogP contribution < -0.4 is 0 Å². The monoisotopic (exact) mass is 300 g/mol. The van der Waals surface area contributed by atoms with Crippen molar-refractivity contribution in [3.05, 3.63) is 24.3 Å². The minimum atomic E-state index is -1.55. The first-order valence-electron chi connectivity index (χ1n) is 6.76. The summed E-state index contributed by atoms with van der Waals surface area (Å²) >= 11 is 0. The van der Waals surface area contributed by atoms with Crippen LogP contribution in [0, 0.1) is 5.41 Å². The third-order valence-electron chi connectivity index (χ3n) is 3.63. The summed E-state index contributed by atoms with van der Waals surface area (Å²) in [7, 11) is 0. The van der Waals surface area contributed by atoms with Crippen molar-refractivity contribution in [3.63, 3.8) is 0 Å². The first-order chi connectivity index (χ1) is 9.67. The number of carboxylic acids is 2. The summed E-state index contributed by atoms with van der Waals surface area (Å²) in [5.74, 6) is -2.62. The van der Waals surface area contributed by atoms with E-state index >= 15 is 0 Å². The van der Waals surface area contributed by atoms with Gasteiger partial charge in [0.2, 0.25) is 0 Å². The van der Waals surface area contributed by atoms with Crippen LogP contribution in [0.15, 0.2) is 24.3 Å². The standard InChI is InChI=1S/C15H24O6/c1-7-20-11(5)15(9(3)13(16)17,10(4)14(18)19)12(6)21-8-2/h11-12H,3-4,7-8H2,1-2,5-6H3,(H,16,17)(H,18,19). The van der Waals surface area contributed by atoms with Gasteiger partial charge in [0.15, 0.2) is 0 Å². The molecule has 120 valence electrons. The summed E-state index contributed by atoms with van der Waals surface area (Å²) in [5.41, 5.74) is -2.17. The van der Waals surface area contributed by atoms with E-state index in [0.29, 0.717) is 13.2 Å². The maximum atomic E-state index is 11.4. The molecule has 0 amide bonds. The third kappa shape index (κ3) is 3.71. The molecule has 0 saturated heterocycles. The van der Waals surface area contributed by atoms with Crippen molar-refractivity contribution in [2.75, 3.05) is 13.2 Å². The topological polar surface area (TPSA) is 93.1 Å². The normalized spacial score (nSPS) is 14.3. The second kappa shape index (κ2) is 7.95. The van der Waals surface area contributed by atoms with E-state index in [0.717, 1.165) is 0 Å². The van der Waals surface area contributed by atoms with Crippen LogP contribution in [0.5, 0.6) is 0 Å². The van der Waals surface area contributed by atoms with Crippen molar-refractivity contribution >= 4 is 11.9 Å². The molecule has 0 radical (unpaired) electrons. The van der Waals surface area contributed by atoms with Gasteiger partial charge in [-0.15, -0.1) is 0 Å². The highest BCUT2D eigenvalue weighted by Crippen LogP contribution is 2.44. The number of rotatable bonds is 10. The number of hydrogen-bond acceptors (Lipinski definition) is 4. The fourth-order valence-electron chi connectivity index (χ4n) is 2.61. The first kappa shape index (κ1) is 19.3. The van der Waals surface area contributed by atoms with Crippen LogP contribution in [0.25, 0.3) is 0 Å². The maximum Gasteiger partial charge on any atom is 0.332 e. The first-order valence-corrected chi connectivity index (χ1v) is 6.76. The fraction of sp³-hybridized carbons (Fsp3) is 0.600. The van der Waals surface area contributed by atoms with Crippen LogP contribution in [-0.2, 0) is 19.1 Å². The second-order valence-corrected chi connectivity index (χ2v) is 4.63. The smallest absolute Gasteiger partial charge is 0.332 e. The lowest BCUT2D eigenvalue weighted by Gasteiger charge is -2.43. The van der Waals surface area contributed by atoms with E-state index in [1.54, 1.807) is 27.7 Å². The van der Waals surface area contributed by atoms with Gasteiger partial charge in [-0.1, -0.05) is 13.2 Å². The van der Waals surface area contributed by atoms with Crippen LogP contribution >= 0.6 is 0 Å². The molecule has 0 spiro atoms. The predicted molar refractivity (Wildman–Crippen MR) is 78.2 cm³/mol. The molecule has 0 heterocycles. The average molecular weight is 300 g/mol. The predicted octanol–water partition coefficient (Wildman–Crippen LogP) is 2.10. The van der Waals surface area contributed by atoms with Gasteiger partial charge in [-0.3, -0.25) is 0 Å². The average Bonchev–Trinajstić information content (AvgIpc) is 2.39. The molecule has 2 atom stereocenters. The summed E-state index contributed by atoms with van der Waals surface area (Å²) < 4.78 is 11.0. The number of carbonyl (C=O) groups is 2. The van der Waals surface area contributed by atoms with E-state index in [9.17, 15) is 19.8 Å². The lowest BCUT2D eigenvalue weighted by Crippen LogP contribution is -2.51. The van der Waals surface area contributed by atoms with E-state index in [1.807, 2.05) is 0 Å². The highest BCUT2D eigenvalue weighted by Gasteiger charge is 2.52. The summed E-state index contributed by atoms with van der Waals surface area (Å²) in [6.07, 6.45) is -1.53. The van der Waals surface area contributed by atoms with Crippen molar-refractivity contribution in [3.8, 4) is 0 Å². The third-order valence-corrected chi connectivity index (χ3v) is 3.63. The van der Waals surface area contributed by atoms with Crippen LogP contribution in [0.3, 0.4) is 0 Å². The molecule has 2 N–H and O–H groups in total. The number of aliphatic carboxylic acids is 2. The Labute approximate surface area is 125 Å². The molecule has 0 aliphatic carbocycles. The minimum absolute atomic E-state index is 0.293. The Hall–Kier alpha value is -1.66. The van der Waals surface area contributed by atoms with E-state index in [1.165, 1.54) is 0 Å². The van der Waals surface area contributed by atoms with E-state index in [-0.39, 0.29) is 11.1 Å². The number of ether oxygens (including phenoxy) is 2. The van der Waals surface area contributed by atoms with Gasteiger partial charge in [0, 0.05) is 24.4 Å². The molecular weight excluding hydrogens is 276 g/mol. The summed E-state index contributed by atoms with van der Waals surface area (Å²) in [5, 5.41) is 18.7. The molecular formula is C15H24O6. The quantitative estimate of drug-likeness (QED) is 0.600. The lowest BCUT2D eigenvalue weighted by atomic mass is 9.66. The van der Waals surface area contributed by atoms with Crippen molar-refractivity contribution in [2.24, 2.45) is 5.41 Å². The van der Waals surface area contributed by atoms with Crippen molar-refractivity contribution < 1.29 is 29.3 Å². The van der Waals surface area contributed by atoms with Gasteiger partial charge >= 0.3 is 11.9 Å². The highest BCUT2D eigenvalue weighted by molar-refractivity contribution is 5.95. The number of carboxylic acid groups (broad SMARTS) is 2. The molecule has 0 rings (SSSR count). The van der Waals surface area contributed by atoms with E-state index < -0.39 is 29.6 Å². The molecule has 6 heteroatoms. The number of hydrogen-bond donors (Lipinski definition) is 2. The SMILES string of the molecule is C=C(C(=O)O)C(C(=C)C(=O)O)(C(C)OCC)C(C)OCC. The molecule has 0 aromatic carbocycles. The largest absolute Gasteiger partial charge is 0.478 e. The molecule has 21 heavy (non-hydrogen) atoms. The summed E-state index contributed by atoms with van der Waals surface area (Å²) in [4.78, 5) is 22.9. The van der Waals surface area contributed by atoms with Gasteiger partial charge in [0.25, 0.3) is 0 Å². The molecule has 0 aromatic heterocycles. The van der Waals surface area contributed by atoms with Crippen LogP contribution in [0.2, 0.25) is 0 Å². The molecule has 0 bridgehead atoms. The summed E-state index contributed by atoms with van der Waals surface area (Å²) in [6, 6.07) is 0. The van der Waals surface area contributed by atoms with Gasteiger partial charge in [0.1, 0.15) is 0 Å².